The van der Waals surface area contributed by atoms with E-state index in [1.54, 1.807) is 0 Å². The maximum atomic E-state index is 11.9. The van der Waals surface area contributed by atoms with Crippen LogP contribution in [0.4, 0.5) is 0 Å². The summed E-state index contributed by atoms with van der Waals surface area (Å²) in [6.45, 7) is 7.21. The molecular formula is C13H23NO3. The molecule has 4 heteroatoms. The van der Waals surface area contributed by atoms with Crippen LogP contribution in [0.15, 0.2) is 0 Å². The van der Waals surface area contributed by atoms with Gasteiger partial charge in [0.15, 0.2) is 0 Å². The maximum absolute atomic E-state index is 11.9. The molecule has 98 valence electrons. The zero-order chi connectivity index (χ0) is 12.5. The van der Waals surface area contributed by atoms with Crippen LogP contribution in [0, 0.1) is 5.41 Å². The predicted molar refractivity (Wildman–Crippen MR) is 64.7 cm³/mol. The van der Waals surface area contributed by atoms with E-state index in [0.29, 0.717) is 13.2 Å². The second-order valence-corrected chi connectivity index (χ2v) is 6.05. The number of carbonyl (C=O) groups is 1. The Labute approximate surface area is 103 Å². The number of fused-ring (bicyclic) bond motifs is 1. The molecule has 1 N–H and O–H groups in total. The van der Waals surface area contributed by atoms with E-state index in [1.165, 1.54) is 0 Å². The molecule has 2 rings (SSSR count). The number of rotatable bonds is 1. The van der Waals surface area contributed by atoms with E-state index in [2.05, 4.69) is 5.32 Å². The average molecular weight is 241 g/mol. The normalized spacial score (nSPS) is 33.9. The minimum atomic E-state index is -0.319. The Morgan fingerprint density at radius 2 is 1.76 bits per heavy atom. The Morgan fingerprint density at radius 3 is 2.41 bits per heavy atom. The van der Waals surface area contributed by atoms with Gasteiger partial charge in [0.25, 0.3) is 0 Å². The lowest BCUT2D eigenvalue weighted by atomic mass is 9.88. The van der Waals surface area contributed by atoms with E-state index < -0.39 is 0 Å². The highest BCUT2D eigenvalue weighted by atomic mass is 16.6. The Balaban J connectivity index is 1.86. The highest BCUT2D eigenvalue weighted by Crippen LogP contribution is 2.27. The van der Waals surface area contributed by atoms with Crippen LogP contribution in [-0.4, -0.2) is 37.4 Å². The fraction of sp³-hybridized carbons (Fsp3) is 0.923. The molecule has 1 saturated carbocycles. The summed E-state index contributed by atoms with van der Waals surface area (Å²) in [7, 11) is 0. The first-order valence-electron chi connectivity index (χ1n) is 6.51. The van der Waals surface area contributed by atoms with Crippen LogP contribution in [-0.2, 0) is 14.3 Å². The number of hydrogen-bond acceptors (Lipinski definition) is 3. The summed E-state index contributed by atoms with van der Waals surface area (Å²) < 4.78 is 11.4. The maximum Gasteiger partial charge on any atom is 0.225 e. The van der Waals surface area contributed by atoms with E-state index in [9.17, 15) is 4.79 Å². The molecule has 2 aliphatic rings. The molecule has 1 aliphatic carbocycles. The molecule has 1 heterocycles. The topological polar surface area (TPSA) is 47.6 Å². The molecule has 1 amide bonds. The zero-order valence-electron chi connectivity index (χ0n) is 11.0. The SMILES string of the molecule is CC(C)(C)C(=O)N[C@@H]1CC[C@H]2OCCO[C@@H]2C1. The van der Waals surface area contributed by atoms with Crippen LogP contribution < -0.4 is 5.32 Å². The monoisotopic (exact) mass is 241 g/mol. The predicted octanol–water partition coefficient (Wildman–Crippen LogP) is 1.49. The van der Waals surface area contributed by atoms with Gasteiger partial charge in [0.2, 0.25) is 5.91 Å². The van der Waals surface area contributed by atoms with E-state index >= 15 is 0 Å². The third-order valence-corrected chi connectivity index (χ3v) is 3.49. The van der Waals surface area contributed by atoms with Crippen molar-refractivity contribution in [3.05, 3.63) is 0 Å². The van der Waals surface area contributed by atoms with Crippen molar-refractivity contribution in [2.24, 2.45) is 5.41 Å². The Hall–Kier alpha value is -0.610. The van der Waals surface area contributed by atoms with Crippen LogP contribution in [0.25, 0.3) is 0 Å². The summed E-state index contributed by atoms with van der Waals surface area (Å²) in [6, 6.07) is 0.240. The molecule has 1 aliphatic heterocycles. The molecule has 0 bridgehead atoms. The molecule has 1 saturated heterocycles. The molecule has 17 heavy (non-hydrogen) atoms. The Bertz CT molecular complexity index is 285. The third-order valence-electron chi connectivity index (χ3n) is 3.49. The van der Waals surface area contributed by atoms with Crippen molar-refractivity contribution in [3.8, 4) is 0 Å². The van der Waals surface area contributed by atoms with Crippen LogP contribution in [0.2, 0.25) is 0 Å². The van der Waals surface area contributed by atoms with Gasteiger partial charge in [-0.1, -0.05) is 20.8 Å². The number of amides is 1. The van der Waals surface area contributed by atoms with Crippen molar-refractivity contribution in [2.45, 2.75) is 58.3 Å². The number of hydrogen-bond donors (Lipinski definition) is 1. The van der Waals surface area contributed by atoms with Crippen molar-refractivity contribution in [3.63, 3.8) is 0 Å². The van der Waals surface area contributed by atoms with E-state index in [-0.39, 0.29) is 29.6 Å². The minimum Gasteiger partial charge on any atom is -0.373 e. The minimum absolute atomic E-state index is 0.123. The van der Waals surface area contributed by atoms with Crippen molar-refractivity contribution >= 4 is 5.91 Å². The van der Waals surface area contributed by atoms with E-state index in [1.807, 2.05) is 20.8 Å². The molecule has 0 aromatic carbocycles. The van der Waals surface area contributed by atoms with E-state index in [4.69, 9.17) is 9.47 Å². The number of carbonyl (C=O) groups excluding carboxylic acids is 1. The third kappa shape index (κ3) is 3.19. The van der Waals surface area contributed by atoms with Gasteiger partial charge >= 0.3 is 0 Å². The van der Waals surface area contributed by atoms with Crippen molar-refractivity contribution < 1.29 is 14.3 Å². The molecule has 4 nitrogen and oxygen atoms in total. The largest absolute Gasteiger partial charge is 0.373 e. The summed E-state index contributed by atoms with van der Waals surface area (Å²) in [5, 5.41) is 3.12. The molecule has 3 atom stereocenters. The smallest absolute Gasteiger partial charge is 0.225 e. The highest BCUT2D eigenvalue weighted by Gasteiger charge is 2.35. The average Bonchev–Trinajstić information content (AvgIpc) is 2.27. The molecule has 0 unspecified atom stereocenters. The lowest BCUT2D eigenvalue weighted by molar-refractivity contribution is -0.159. The molecule has 0 aromatic heterocycles. The fourth-order valence-electron chi connectivity index (χ4n) is 2.40. The summed E-state index contributed by atoms with van der Waals surface area (Å²) in [5.41, 5.74) is -0.319. The van der Waals surface area contributed by atoms with Gasteiger partial charge in [-0.3, -0.25) is 4.79 Å². The van der Waals surface area contributed by atoms with Gasteiger partial charge in [0.05, 0.1) is 25.4 Å². The number of ether oxygens (including phenoxy) is 2. The summed E-state index contributed by atoms with van der Waals surface area (Å²) in [4.78, 5) is 11.9. The second kappa shape index (κ2) is 4.94. The van der Waals surface area contributed by atoms with Gasteiger partial charge < -0.3 is 14.8 Å². The van der Waals surface area contributed by atoms with Gasteiger partial charge in [0.1, 0.15) is 0 Å². The summed E-state index contributed by atoms with van der Waals surface area (Å²) in [6.07, 6.45) is 3.27. The van der Waals surface area contributed by atoms with Crippen LogP contribution in [0.3, 0.4) is 0 Å². The standard InChI is InChI=1S/C13H23NO3/c1-13(2,3)12(15)14-9-4-5-10-11(8-9)17-7-6-16-10/h9-11H,4-8H2,1-3H3,(H,14,15)/t9-,10-,11-/m1/s1. The van der Waals surface area contributed by atoms with Gasteiger partial charge in [0, 0.05) is 11.5 Å². The Morgan fingerprint density at radius 1 is 1.12 bits per heavy atom. The molecule has 2 fully saturated rings. The molecule has 0 spiro atoms. The van der Waals surface area contributed by atoms with Crippen LogP contribution in [0.1, 0.15) is 40.0 Å². The zero-order valence-corrected chi connectivity index (χ0v) is 11.0. The summed E-state index contributed by atoms with van der Waals surface area (Å²) in [5.74, 6) is 0.123. The first kappa shape index (κ1) is 12.8. The van der Waals surface area contributed by atoms with Gasteiger partial charge in [-0.25, -0.2) is 0 Å². The first-order valence-corrected chi connectivity index (χ1v) is 6.51. The number of nitrogens with one attached hydrogen (secondary N) is 1. The van der Waals surface area contributed by atoms with Crippen molar-refractivity contribution in [1.29, 1.82) is 0 Å². The first-order chi connectivity index (χ1) is 7.97. The fourth-order valence-corrected chi connectivity index (χ4v) is 2.40. The lowest BCUT2D eigenvalue weighted by Gasteiger charge is -2.39. The van der Waals surface area contributed by atoms with Crippen LogP contribution in [0.5, 0.6) is 0 Å². The van der Waals surface area contributed by atoms with Crippen molar-refractivity contribution in [1.82, 2.24) is 5.32 Å². The van der Waals surface area contributed by atoms with E-state index in [0.717, 1.165) is 19.3 Å². The van der Waals surface area contributed by atoms with Crippen molar-refractivity contribution in [2.75, 3.05) is 13.2 Å². The lowest BCUT2D eigenvalue weighted by Crippen LogP contribution is -2.51. The second-order valence-electron chi connectivity index (χ2n) is 6.05. The molecule has 0 aromatic rings. The quantitative estimate of drug-likeness (QED) is 0.756. The van der Waals surface area contributed by atoms with Gasteiger partial charge in [-0.15, -0.1) is 0 Å². The molecule has 0 radical (unpaired) electrons. The van der Waals surface area contributed by atoms with Gasteiger partial charge in [-0.05, 0) is 19.3 Å². The summed E-state index contributed by atoms with van der Waals surface area (Å²) >= 11 is 0. The van der Waals surface area contributed by atoms with Gasteiger partial charge in [-0.2, -0.15) is 0 Å². The Kier molecular flexibility index (Phi) is 3.73. The molecular weight excluding hydrogens is 218 g/mol. The highest BCUT2D eigenvalue weighted by molar-refractivity contribution is 5.81. The van der Waals surface area contributed by atoms with Crippen LogP contribution >= 0.6 is 0 Å².